The van der Waals surface area contributed by atoms with Crippen molar-refractivity contribution in [2.45, 2.75) is 13.8 Å². The summed E-state index contributed by atoms with van der Waals surface area (Å²) in [7, 11) is 0. The second-order valence-electron chi connectivity index (χ2n) is 6.34. The molecule has 7 heteroatoms. The summed E-state index contributed by atoms with van der Waals surface area (Å²) >= 11 is 5.27. The van der Waals surface area contributed by atoms with Crippen LogP contribution in [-0.4, -0.2) is 37.1 Å². The second kappa shape index (κ2) is 8.92. The van der Waals surface area contributed by atoms with Gasteiger partial charge in [-0.15, -0.1) is 0 Å². The molecule has 0 aromatic heterocycles. The molecule has 0 amide bonds. The molecule has 0 saturated carbocycles. The van der Waals surface area contributed by atoms with E-state index < -0.39 is 0 Å². The average molecular weight is 386 g/mol. The molecule has 2 aromatic carbocycles. The van der Waals surface area contributed by atoms with Crippen molar-refractivity contribution in [3.8, 4) is 0 Å². The number of ether oxygens (including phenoxy) is 1. The molecule has 0 aliphatic carbocycles. The summed E-state index contributed by atoms with van der Waals surface area (Å²) < 4.78 is 19.8. The first-order chi connectivity index (χ1) is 13.0. The van der Waals surface area contributed by atoms with E-state index in [1.165, 1.54) is 6.07 Å². The van der Waals surface area contributed by atoms with E-state index in [9.17, 15) is 4.39 Å². The minimum absolute atomic E-state index is 0.260. The number of para-hydroxylation sites is 1. The zero-order valence-electron chi connectivity index (χ0n) is 15.5. The fraction of sp³-hybridized carbons (Fsp3) is 0.300. The Morgan fingerprint density at radius 2 is 1.93 bits per heavy atom. The largest absolute Gasteiger partial charge is 0.378 e. The van der Waals surface area contributed by atoms with E-state index in [1.54, 1.807) is 6.07 Å². The SMILES string of the molecule is C/C(=N/NC(=S)Nc1ccccc1C)c1ccc(N2CCOCC2)c(F)c1. The van der Waals surface area contributed by atoms with Crippen LogP contribution in [0.15, 0.2) is 47.6 Å². The molecule has 1 heterocycles. The van der Waals surface area contributed by atoms with Crippen molar-refractivity contribution in [2.24, 2.45) is 5.10 Å². The number of anilines is 2. The molecule has 27 heavy (non-hydrogen) atoms. The number of nitrogens with one attached hydrogen (secondary N) is 2. The lowest BCUT2D eigenvalue weighted by Crippen LogP contribution is -2.36. The van der Waals surface area contributed by atoms with Crippen LogP contribution in [0.4, 0.5) is 15.8 Å². The second-order valence-corrected chi connectivity index (χ2v) is 6.75. The van der Waals surface area contributed by atoms with Crippen LogP contribution in [0.2, 0.25) is 0 Å². The Labute approximate surface area is 164 Å². The molecule has 0 spiro atoms. The summed E-state index contributed by atoms with van der Waals surface area (Å²) in [6.07, 6.45) is 0. The number of aryl methyl sites for hydroxylation is 1. The van der Waals surface area contributed by atoms with Crippen molar-refractivity contribution >= 4 is 34.4 Å². The maximum Gasteiger partial charge on any atom is 0.191 e. The summed E-state index contributed by atoms with van der Waals surface area (Å²) in [5.74, 6) is -0.260. The molecule has 2 N–H and O–H groups in total. The van der Waals surface area contributed by atoms with Crippen molar-refractivity contribution < 1.29 is 9.13 Å². The Morgan fingerprint density at radius 3 is 2.63 bits per heavy atom. The Morgan fingerprint density at radius 1 is 1.19 bits per heavy atom. The number of hydrogen-bond donors (Lipinski definition) is 2. The van der Waals surface area contributed by atoms with E-state index in [0.717, 1.165) is 11.3 Å². The third-order valence-electron chi connectivity index (χ3n) is 4.44. The van der Waals surface area contributed by atoms with E-state index >= 15 is 0 Å². The van der Waals surface area contributed by atoms with Crippen LogP contribution in [0.25, 0.3) is 0 Å². The van der Waals surface area contributed by atoms with Gasteiger partial charge in [0.15, 0.2) is 5.11 Å². The van der Waals surface area contributed by atoms with Gasteiger partial charge in [0.25, 0.3) is 0 Å². The van der Waals surface area contributed by atoms with Gasteiger partial charge in [-0.05, 0) is 49.8 Å². The van der Waals surface area contributed by atoms with Gasteiger partial charge in [0.1, 0.15) is 5.82 Å². The van der Waals surface area contributed by atoms with Crippen LogP contribution in [0.3, 0.4) is 0 Å². The van der Waals surface area contributed by atoms with Gasteiger partial charge in [0.2, 0.25) is 0 Å². The predicted octanol–water partition coefficient (Wildman–Crippen LogP) is 3.68. The van der Waals surface area contributed by atoms with Crippen molar-refractivity contribution in [3.05, 3.63) is 59.4 Å². The first kappa shape index (κ1) is 19.3. The van der Waals surface area contributed by atoms with Gasteiger partial charge in [-0.1, -0.05) is 24.3 Å². The van der Waals surface area contributed by atoms with Gasteiger partial charge >= 0.3 is 0 Å². The van der Waals surface area contributed by atoms with E-state index in [4.69, 9.17) is 17.0 Å². The summed E-state index contributed by atoms with van der Waals surface area (Å²) in [6.45, 7) is 6.45. The molecule has 0 atom stereocenters. The Kier molecular flexibility index (Phi) is 6.36. The van der Waals surface area contributed by atoms with E-state index in [0.29, 0.717) is 48.4 Å². The predicted molar refractivity (Wildman–Crippen MR) is 112 cm³/mol. The van der Waals surface area contributed by atoms with Crippen LogP contribution in [0.1, 0.15) is 18.1 Å². The molecule has 1 aliphatic rings. The third kappa shape index (κ3) is 5.02. The number of nitrogens with zero attached hydrogens (tertiary/aromatic N) is 2. The average Bonchev–Trinajstić information content (AvgIpc) is 2.68. The van der Waals surface area contributed by atoms with Crippen molar-refractivity contribution in [2.75, 3.05) is 36.5 Å². The van der Waals surface area contributed by atoms with Crippen molar-refractivity contribution in [1.82, 2.24) is 5.43 Å². The van der Waals surface area contributed by atoms with E-state index in [-0.39, 0.29) is 5.82 Å². The highest BCUT2D eigenvalue weighted by atomic mass is 32.1. The number of hydrazone groups is 1. The smallest absolute Gasteiger partial charge is 0.191 e. The molecule has 1 fully saturated rings. The van der Waals surface area contributed by atoms with Crippen LogP contribution < -0.4 is 15.6 Å². The number of morpholine rings is 1. The van der Waals surface area contributed by atoms with Gasteiger partial charge in [-0.2, -0.15) is 5.10 Å². The zero-order chi connectivity index (χ0) is 19.2. The Balaban J connectivity index is 1.64. The highest BCUT2D eigenvalue weighted by Gasteiger charge is 2.15. The number of hydrogen-bond acceptors (Lipinski definition) is 4. The maximum absolute atomic E-state index is 14.5. The van der Waals surface area contributed by atoms with Gasteiger partial charge in [0, 0.05) is 24.3 Å². The quantitative estimate of drug-likeness (QED) is 0.477. The molecule has 3 rings (SSSR count). The summed E-state index contributed by atoms with van der Waals surface area (Å²) in [5.41, 5.74) is 6.77. The topological polar surface area (TPSA) is 48.9 Å². The molecule has 1 aliphatic heterocycles. The molecular weight excluding hydrogens is 363 g/mol. The first-order valence-corrected chi connectivity index (χ1v) is 9.25. The van der Waals surface area contributed by atoms with Gasteiger partial charge in [-0.25, -0.2) is 4.39 Å². The lowest BCUT2D eigenvalue weighted by Gasteiger charge is -2.29. The molecule has 5 nitrogen and oxygen atoms in total. The van der Waals surface area contributed by atoms with Crippen LogP contribution in [0, 0.1) is 12.7 Å². The van der Waals surface area contributed by atoms with Crippen LogP contribution in [-0.2, 0) is 4.74 Å². The maximum atomic E-state index is 14.5. The van der Waals surface area contributed by atoms with Crippen LogP contribution in [0.5, 0.6) is 0 Å². The Hall–Kier alpha value is -2.51. The molecule has 142 valence electrons. The standard InChI is InChI=1S/C20H23FN4OS/c1-14-5-3-4-6-18(14)22-20(27)24-23-15(2)16-7-8-19(17(21)13-16)25-9-11-26-12-10-25/h3-8,13H,9-12H2,1-2H3,(H2,22,24,27)/b23-15-. The van der Waals surface area contributed by atoms with Crippen molar-refractivity contribution in [3.63, 3.8) is 0 Å². The van der Waals surface area contributed by atoms with Crippen molar-refractivity contribution in [1.29, 1.82) is 0 Å². The fourth-order valence-corrected chi connectivity index (χ4v) is 3.01. The summed E-state index contributed by atoms with van der Waals surface area (Å²) in [5, 5.41) is 7.75. The number of halogens is 1. The molecular formula is C20H23FN4OS. The number of thiocarbonyl (C=S) groups is 1. The summed E-state index contributed by atoms with van der Waals surface area (Å²) in [4.78, 5) is 1.99. The molecule has 0 unspecified atom stereocenters. The minimum atomic E-state index is -0.260. The monoisotopic (exact) mass is 386 g/mol. The number of rotatable bonds is 4. The van der Waals surface area contributed by atoms with E-state index in [2.05, 4.69) is 15.8 Å². The van der Waals surface area contributed by atoms with Gasteiger partial charge in [0.05, 0.1) is 24.6 Å². The molecule has 0 radical (unpaired) electrons. The minimum Gasteiger partial charge on any atom is -0.378 e. The lowest BCUT2D eigenvalue weighted by molar-refractivity contribution is 0.122. The van der Waals surface area contributed by atoms with Gasteiger partial charge in [-0.3, -0.25) is 5.43 Å². The molecule has 0 bridgehead atoms. The zero-order valence-corrected chi connectivity index (χ0v) is 16.3. The first-order valence-electron chi connectivity index (χ1n) is 8.84. The fourth-order valence-electron chi connectivity index (χ4n) is 2.86. The summed E-state index contributed by atoms with van der Waals surface area (Å²) in [6, 6.07) is 13.0. The third-order valence-corrected chi connectivity index (χ3v) is 4.63. The van der Waals surface area contributed by atoms with Gasteiger partial charge < -0.3 is 15.0 Å². The Bertz CT molecular complexity index is 850. The highest BCUT2D eigenvalue weighted by molar-refractivity contribution is 7.80. The molecule has 2 aromatic rings. The molecule has 1 saturated heterocycles. The van der Waals surface area contributed by atoms with Crippen LogP contribution >= 0.6 is 12.2 Å². The number of benzene rings is 2. The van der Waals surface area contributed by atoms with E-state index in [1.807, 2.05) is 49.1 Å². The lowest BCUT2D eigenvalue weighted by atomic mass is 10.1. The highest BCUT2D eigenvalue weighted by Crippen LogP contribution is 2.22. The normalized spacial score (nSPS) is 14.8.